The van der Waals surface area contributed by atoms with Gasteiger partial charge in [-0.25, -0.2) is 26.3 Å². The van der Waals surface area contributed by atoms with E-state index in [1.54, 1.807) is 0 Å². The molecule has 27 heavy (non-hydrogen) atoms. The van der Waals surface area contributed by atoms with Crippen LogP contribution in [0.1, 0.15) is 27.6 Å². The van der Waals surface area contributed by atoms with Crippen molar-refractivity contribution in [2.45, 2.75) is 6.92 Å². The molecule has 0 bridgehead atoms. The molecule has 0 spiro atoms. The highest BCUT2D eigenvalue weighted by molar-refractivity contribution is 9.93. The average Bonchev–Trinajstić information content (AvgIpc) is 2.64. The minimum Gasteiger partial charge on any atom is -0.295 e. The lowest BCUT2D eigenvalue weighted by atomic mass is 10.1. The summed E-state index contributed by atoms with van der Waals surface area (Å²) in [6.45, 7) is 1.14. The number of halogens is 9. The number of Topliss-reactive ketones (excluding diaryl/α,β-unsaturated/α-hetero) is 2. The molecule has 0 saturated heterocycles. The number of alkyl halides is 1. The summed E-state index contributed by atoms with van der Waals surface area (Å²) in [4.78, 5) is 21.5. The summed E-state index contributed by atoms with van der Waals surface area (Å²) >= 11 is 8.33. The Morgan fingerprint density at radius 2 is 1.04 bits per heavy atom. The van der Waals surface area contributed by atoms with Crippen molar-refractivity contribution in [3.05, 3.63) is 70.3 Å². The fraction of sp³-hybridized carbons (Fsp3) is 0.125. The second-order valence-corrected chi connectivity index (χ2v) is 5.18. The van der Waals surface area contributed by atoms with E-state index in [9.17, 15) is 35.9 Å². The van der Waals surface area contributed by atoms with Crippen molar-refractivity contribution in [3.8, 4) is 0 Å². The Morgan fingerprint density at radius 1 is 0.741 bits per heavy atom. The first-order chi connectivity index (χ1) is 12.6. The number of ketones is 2. The molecule has 0 aromatic heterocycles. The lowest BCUT2D eigenvalue weighted by Gasteiger charge is -1.99. The third-order valence-corrected chi connectivity index (χ3v) is 3.33. The van der Waals surface area contributed by atoms with E-state index in [1.165, 1.54) is 0 Å². The van der Waals surface area contributed by atoms with Crippen molar-refractivity contribution in [1.29, 1.82) is 0 Å². The Hall–Kier alpha value is -1.20. The van der Waals surface area contributed by atoms with Gasteiger partial charge in [-0.05, 0) is 31.2 Å². The number of rotatable bonds is 3. The molecule has 0 fully saturated rings. The van der Waals surface area contributed by atoms with Gasteiger partial charge < -0.3 is 0 Å². The van der Waals surface area contributed by atoms with Crippen LogP contribution in [-0.2, 0) is 0 Å². The highest BCUT2D eigenvalue weighted by Crippen LogP contribution is 2.15. The first-order valence-electron chi connectivity index (χ1n) is 6.62. The zero-order valence-electron chi connectivity index (χ0n) is 13.2. The summed E-state index contributed by atoms with van der Waals surface area (Å²) in [6.07, 6.45) is 0. The molecule has 0 aliphatic rings. The fourth-order valence-electron chi connectivity index (χ4n) is 1.55. The first-order valence-corrected chi connectivity index (χ1v) is 11.5. The van der Waals surface area contributed by atoms with Crippen molar-refractivity contribution in [2.75, 3.05) is 5.33 Å². The standard InChI is InChI=1S/C8H4BrF3O.C8H5F3O.Br2/c9-3-7(13)4-1-5(10)8(12)6(11)2-4;1-4(12)5-2-6(9)8(11)7(10)3-5;1-2/h1-2H,3H2;2-3H,1H3;. The van der Waals surface area contributed by atoms with Crippen molar-refractivity contribution < 1.29 is 35.9 Å². The van der Waals surface area contributed by atoms with Crippen molar-refractivity contribution in [2.24, 2.45) is 0 Å². The van der Waals surface area contributed by atoms with E-state index in [0.717, 1.165) is 6.92 Å². The Morgan fingerprint density at radius 3 is 1.30 bits per heavy atom. The van der Waals surface area contributed by atoms with Crippen LogP contribution >= 0.6 is 44.2 Å². The smallest absolute Gasteiger partial charge is 0.194 e. The number of carbonyl (C=O) groups excluding carboxylic acids is 2. The molecule has 0 radical (unpaired) electrons. The normalized spacial score (nSPS) is 9.56. The number of hydrogen-bond acceptors (Lipinski definition) is 2. The molecule has 0 heterocycles. The Labute approximate surface area is 173 Å². The van der Waals surface area contributed by atoms with Gasteiger partial charge in [-0.1, -0.05) is 15.9 Å². The van der Waals surface area contributed by atoms with E-state index >= 15 is 0 Å². The van der Waals surface area contributed by atoms with E-state index in [2.05, 4.69) is 44.2 Å². The monoisotopic (exact) mass is 584 g/mol. The maximum atomic E-state index is 12.6. The zero-order chi connectivity index (χ0) is 21.3. The van der Waals surface area contributed by atoms with E-state index in [4.69, 9.17) is 0 Å². The quantitative estimate of drug-likeness (QED) is 0.174. The summed E-state index contributed by atoms with van der Waals surface area (Å²) < 4.78 is 74.7. The minimum atomic E-state index is -1.56. The van der Waals surface area contributed by atoms with Crippen molar-refractivity contribution in [1.82, 2.24) is 0 Å². The van der Waals surface area contributed by atoms with Crippen LogP contribution in [0.2, 0.25) is 0 Å². The third-order valence-electron chi connectivity index (χ3n) is 2.82. The molecule has 2 rings (SSSR count). The summed E-state index contributed by atoms with van der Waals surface area (Å²) in [5.41, 5.74) is -0.361. The van der Waals surface area contributed by atoms with Crippen LogP contribution in [0.5, 0.6) is 0 Å². The van der Waals surface area contributed by atoms with Crippen LogP contribution in [0.3, 0.4) is 0 Å². The maximum absolute atomic E-state index is 12.6. The average molecular weight is 587 g/mol. The molecule has 2 nitrogen and oxygen atoms in total. The molecular weight excluding hydrogens is 578 g/mol. The topological polar surface area (TPSA) is 34.1 Å². The van der Waals surface area contributed by atoms with Gasteiger partial charge in [0, 0.05) is 39.4 Å². The van der Waals surface area contributed by atoms with E-state index in [-0.39, 0.29) is 16.5 Å². The Kier molecular flexibility index (Phi) is 11.7. The molecule has 2 aromatic rings. The second-order valence-electron chi connectivity index (χ2n) is 4.62. The highest BCUT2D eigenvalue weighted by atomic mass is 80.9. The molecule has 0 aliphatic carbocycles. The van der Waals surface area contributed by atoms with Gasteiger partial charge in [0.05, 0.1) is 5.33 Å². The van der Waals surface area contributed by atoms with E-state index in [0.29, 0.717) is 24.3 Å². The molecule has 0 aliphatic heterocycles. The Balaban J connectivity index is 0.000000460. The fourth-order valence-corrected chi connectivity index (χ4v) is 1.88. The molecular formula is C16H9Br3F6O2. The van der Waals surface area contributed by atoms with Crippen LogP contribution in [0.25, 0.3) is 0 Å². The van der Waals surface area contributed by atoms with Crippen molar-refractivity contribution >= 4 is 55.8 Å². The summed E-state index contributed by atoms with van der Waals surface area (Å²) in [5, 5.41) is -0.0580. The summed E-state index contributed by atoms with van der Waals surface area (Å²) in [7, 11) is 0. The molecule has 0 unspecified atom stereocenters. The van der Waals surface area contributed by atoms with Gasteiger partial charge in [-0.2, -0.15) is 0 Å². The number of benzene rings is 2. The molecule has 148 valence electrons. The van der Waals surface area contributed by atoms with Crippen LogP contribution in [-0.4, -0.2) is 16.9 Å². The van der Waals surface area contributed by atoms with Gasteiger partial charge in [0.25, 0.3) is 0 Å². The number of hydrogen-bond donors (Lipinski definition) is 0. The first kappa shape index (κ1) is 25.8. The van der Waals surface area contributed by atoms with Gasteiger partial charge in [0.15, 0.2) is 46.5 Å². The summed E-state index contributed by atoms with van der Waals surface area (Å²) in [6, 6.07) is 2.67. The minimum absolute atomic E-state index is 0.0580. The van der Waals surface area contributed by atoms with Gasteiger partial charge in [0.2, 0.25) is 0 Å². The zero-order valence-corrected chi connectivity index (χ0v) is 18.0. The van der Waals surface area contributed by atoms with Crippen LogP contribution < -0.4 is 0 Å². The van der Waals surface area contributed by atoms with Crippen LogP contribution in [0.4, 0.5) is 26.3 Å². The number of carbonyl (C=O) groups is 2. The lowest BCUT2D eigenvalue weighted by molar-refractivity contribution is 0.101. The van der Waals surface area contributed by atoms with Gasteiger partial charge in [-0.15, -0.1) is 0 Å². The van der Waals surface area contributed by atoms with E-state index in [1.807, 2.05) is 0 Å². The maximum Gasteiger partial charge on any atom is 0.194 e. The van der Waals surface area contributed by atoms with Crippen LogP contribution in [0, 0.1) is 34.9 Å². The largest absolute Gasteiger partial charge is 0.295 e. The Bertz CT molecular complexity index is 784. The lowest BCUT2D eigenvalue weighted by Crippen LogP contribution is -2.03. The summed E-state index contributed by atoms with van der Waals surface area (Å²) in [5.74, 6) is -9.54. The molecule has 0 N–H and O–H groups in total. The molecule has 2 aromatic carbocycles. The SMILES string of the molecule is BrBr.CC(=O)c1cc(F)c(F)c(F)c1.O=C(CBr)c1cc(F)c(F)c(F)c1. The third kappa shape index (κ3) is 7.74. The van der Waals surface area contributed by atoms with Gasteiger partial charge in [-0.3, -0.25) is 9.59 Å². The molecule has 0 saturated carbocycles. The predicted octanol–water partition coefficient (Wildman–Crippen LogP) is 6.68. The second kappa shape index (κ2) is 12.3. The predicted molar refractivity (Wildman–Crippen MR) is 98.6 cm³/mol. The van der Waals surface area contributed by atoms with Gasteiger partial charge in [0.1, 0.15) is 0 Å². The van der Waals surface area contributed by atoms with Crippen LogP contribution in [0.15, 0.2) is 24.3 Å². The van der Waals surface area contributed by atoms with Gasteiger partial charge >= 0.3 is 0 Å². The molecule has 0 atom stereocenters. The highest BCUT2D eigenvalue weighted by Gasteiger charge is 2.14. The molecule has 11 heteroatoms. The van der Waals surface area contributed by atoms with Crippen molar-refractivity contribution in [3.63, 3.8) is 0 Å². The molecule has 0 amide bonds. The van der Waals surface area contributed by atoms with E-state index < -0.39 is 46.5 Å².